The van der Waals surface area contributed by atoms with E-state index in [1.807, 2.05) is 0 Å². The van der Waals surface area contributed by atoms with E-state index in [0.29, 0.717) is 35.4 Å². The van der Waals surface area contributed by atoms with Crippen LogP contribution < -0.4 is 10.1 Å². The van der Waals surface area contributed by atoms with Crippen LogP contribution in [-0.2, 0) is 37.7 Å². The number of halogens is 12. The van der Waals surface area contributed by atoms with Crippen molar-refractivity contribution in [3.05, 3.63) is 160 Å². The van der Waals surface area contributed by atoms with Crippen LogP contribution in [0.2, 0.25) is 0 Å². The number of carbonyl (C=O) groups is 1. The van der Waals surface area contributed by atoms with Gasteiger partial charge in [-0.2, -0.15) is 57.7 Å². The van der Waals surface area contributed by atoms with E-state index in [2.05, 4.69) is 15.5 Å². The van der Waals surface area contributed by atoms with E-state index < -0.39 is 64.5 Å². The fourth-order valence-electron chi connectivity index (χ4n) is 5.95. The highest BCUT2D eigenvalue weighted by atomic mass is 19.4. The van der Waals surface area contributed by atoms with Crippen molar-refractivity contribution < 1.29 is 66.7 Å². The summed E-state index contributed by atoms with van der Waals surface area (Å²) in [6, 6.07) is 18.3. The number of benzene rings is 5. The smallest absolute Gasteiger partial charge is 0.416 e. The number of hydrogen-bond acceptors (Lipinski definition) is 5. The lowest BCUT2D eigenvalue weighted by Gasteiger charge is -2.19. The first-order chi connectivity index (χ1) is 27.5. The number of amides is 1. The Morgan fingerprint density at radius 1 is 0.610 bits per heavy atom. The molecule has 0 aliphatic heterocycles. The monoisotopic (exact) mass is 837 g/mol. The Labute approximate surface area is 326 Å². The predicted octanol–water partition coefficient (Wildman–Crippen LogP) is 12.1. The first-order valence-electron chi connectivity index (χ1n) is 17.1. The van der Waals surface area contributed by atoms with Crippen LogP contribution in [0.1, 0.15) is 61.5 Å². The van der Waals surface area contributed by atoms with Crippen LogP contribution in [0, 0.1) is 6.92 Å². The van der Waals surface area contributed by atoms with Gasteiger partial charge >= 0.3 is 24.7 Å². The van der Waals surface area contributed by atoms with Crippen molar-refractivity contribution in [2.45, 2.75) is 50.7 Å². The lowest BCUT2D eigenvalue weighted by molar-refractivity contribution is -0.144. The van der Waals surface area contributed by atoms with Crippen molar-refractivity contribution in [3.8, 4) is 28.0 Å². The number of aryl methyl sites for hydroxylation is 1. The van der Waals surface area contributed by atoms with Crippen molar-refractivity contribution in [3.63, 3.8) is 0 Å². The largest absolute Gasteiger partial charge is 0.488 e. The Kier molecular flexibility index (Phi) is 11.6. The Morgan fingerprint density at radius 2 is 1.10 bits per heavy atom. The first kappa shape index (κ1) is 42.3. The normalized spacial score (nSPS) is 13.0. The van der Waals surface area contributed by atoms with E-state index in [1.165, 1.54) is 43.3 Å². The van der Waals surface area contributed by atoms with Gasteiger partial charge in [0.2, 0.25) is 5.89 Å². The minimum absolute atomic E-state index is 0.000125. The van der Waals surface area contributed by atoms with Crippen LogP contribution in [0.25, 0.3) is 22.3 Å². The number of nitrogens with one attached hydrogen (secondary N) is 1. The fraction of sp³-hybridized carbons (Fsp3) is 0.195. The summed E-state index contributed by atoms with van der Waals surface area (Å²) in [7, 11) is 0. The van der Waals surface area contributed by atoms with Gasteiger partial charge in [0.15, 0.2) is 5.82 Å². The molecule has 0 radical (unpaired) electrons. The van der Waals surface area contributed by atoms with Gasteiger partial charge in [0, 0.05) is 6.42 Å². The lowest BCUT2D eigenvalue weighted by atomic mass is 9.96. The minimum atomic E-state index is -5.15. The summed E-state index contributed by atoms with van der Waals surface area (Å²) in [5.74, 6) is -1.07. The van der Waals surface area contributed by atoms with Crippen molar-refractivity contribution in [1.82, 2.24) is 15.5 Å². The van der Waals surface area contributed by atoms with E-state index in [0.717, 1.165) is 6.07 Å². The zero-order valence-corrected chi connectivity index (χ0v) is 30.0. The highest BCUT2D eigenvalue weighted by Crippen LogP contribution is 2.41. The van der Waals surface area contributed by atoms with Crippen LogP contribution in [0.3, 0.4) is 0 Å². The van der Waals surface area contributed by atoms with Gasteiger partial charge in [0.25, 0.3) is 5.91 Å². The quantitative estimate of drug-likeness (QED) is 0.139. The molecule has 0 spiro atoms. The average molecular weight is 838 g/mol. The number of alkyl halides is 12. The van der Waals surface area contributed by atoms with Gasteiger partial charge < -0.3 is 14.6 Å². The molecule has 1 heterocycles. The number of carbonyl (C=O) groups excluding carboxylic acids is 1. The highest BCUT2D eigenvalue weighted by Gasteiger charge is 2.38. The number of nitrogens with zero attached hydrogens (tertiary/aromatic N) is 2. The minimum Gasteiger partial charge on any atom is -0.488 e. The molecule has 0 aliphatic carbocycles. The summed E-state index contributed by atoms with van der Waals surface area (Å²) < 4.78 is 175. The SMILES string of the molecule is Cc1noc([C@@H](Cc2ccc(-c3cc(C(F)(F)F)cc(C(F)(F)F)c3)cc2)NC(=O)c2cc(-c3cc(C(F)(F)F)cc(C(F)(F)F)c3)ccc2OCc2ccccc2)n1. The Bertz CT molecular complexity index is 2370. The van der Waals surface area contributed by atoms with E-state index >= 15 is 0 Å². The topological polar surface area (TPSA) is 77.2 Å². The Balaban J connectivity index is 1.36. The van der Waals surface area contributed by atoms with Crippen LogP contribution in [0.4, 0.5) is 52.7 Å². The maximum atomic E-state index is 14.1. The number of ether oxygens (including phenoxy) is 1. The van der Waals surface area contributed by atoms with Crippen LogP contribution in [-0.4, -0.2) is 16.0 Å². The van der Waals surface area contributed by atoms with Crippen LogP contribution >= 0.6 is 0 Å². The van der Waals surface area contributed by atoms with Gasteiger partial charge in [-0.15, -0.1) is 0 Å². The molecule has 6 rings (SSSR count). The summed E-state index contributed by atoms with van der Waals surface area (Å²) in [4.78, 5) is 18.3. The highest BCUT2D eigenvalue weighted by molar-refractivity contribution is 5.98. The molecule has 1 amide bonds. The zero-order chi connectivity index (χ0) is 42.9. The molecular formula is C41H27F12N3O3. The number of hydrogen-bond donors (Lipinski definition) is 1. The molecule has 1 atom stereocenters. The third-order valence-electron chi connectivity index (χ3n) is 8.84. The molecular weight excluding hydrogens is 810 g/mol. The summed E-state index contributed by atoms with van der Waals surface area (Å²) >= 11 is 0. The molecule has 18 heteroatoms. The lowest BCUT2D eigenvalue weighted by Crippen LogP contribution is -2.30. The number of rotatable bonds is 10. The van der Waals surface area contributed by atoms with E-state index in [1.54, 1.807) is 30.3 Å². The van der Waals surface area contributed by atoms with Crippen LogP contribution in [0.15, 0.2) is 114 Å². The van der Waals surface area contributed by atoms with E-state index in [4.69, 9.17) is 9.26 Å². The third kappa shape index (κ3) is 10.4. The molecule has 0 fully saturated rings. The molecule has 1 N–H and O–H groups in total. The molecule has 59 heavy (non-hydrogen) atoms. The van der Waals surface area contributed by atoms with Crippen LogP contribution in [0.5, 0.6) is 5.75 Å². The second-order valence-corrected chi connectivity index (χ2v) is 13.2. The third-order valence-corrected chi connectivity index (χ3v) is 8.84. The molecule has 308 valence electrons. The second kappa shape index (κ2) is 16.1. The summed E-state index contributed by atoms with van der Waals surface area (Å²) in [6.45, 7) is 1.37. The Morgan fingerprint density at radius 3 is 1.58 bits per heavy atom. The maximum Gasteiger partial charge on any atom is 0.416 e. The molecule has 0 saturated heterocycles. The fourth-order valence-corrected chi connectivity index (χ4v) is 5.95. The molecule has 0 bridgehead atoms. The molecule has 0 unspecified atom stereocenters. The van der Waals surface area contributed by atoms with Gasteiger partial charge in [-0.25, -0.2) is 0 Å². The van der Waals surface area contributed by atoms with Gasteiger partial charge in [-0.3, -0.25) is 4.79 Å². The van der Waals surface area contributed by atoms with Gasteiger partial charge in [-0.1, -0.05) is 65.8 Å². The molecule has 6 nitrogen and oxygen atoms in total. The van der Waals surface area contributed by atoms with Gasteiger partial charge in [-0.05, 0) is 88.8 Å². The summed E-state index contributed by atoms with van der Waals surface area (Å²) in [5, 5.41) is 6.40. The van der Waals surface area contributed by atoms with Crippen molar-refractivity contribution in [2.75, 3.05) is 0 Å². The summed E-state index contributed by atoms with van der Waals surface area (Å²) in [5.41, 5.74) is -6.56. The standard InChI is InChI=1S/C41H27F12N3O3/c1-22-54-37(59-56-22)34(13-23-7-9-25(10-8-23)27-14-29(38(42,43)44)19-30(15-27)39(45,46)47)55-36(57)33-18-26(11-12-35(33)58-21-24-5-3-2-4-6-24)28-16-31(40(48,49)50)20-32(17-28)41(51,52)53/h2-12,14-20,34H,13,21H2,1H3,(H,55,57)/t34-/m1/s1. The second-order valence-electron chi connectivity index (χ2n) is 13.2. The predicted molar refractivity (Wildman–Crippen MR) is 187 cm³/mol. The summed E-state index contributed by atoms with van der Waals surface area (Å²) in [6.07, 6.45) is -20.6. The maximum absolute atomic E-state index is 14.1. The molecule has 0 saturated carbocycles. The molecule has 1 aromatic heterocycles. The first-order valence-corrected chi connectivity index (χ1v) is 17.1. The molecule has 6 aromatic rings. The van der Waals surface area contributed by atoms with Crippen molar-refractivity contribution >= 4 is 5.91 Å². The Hall–Kier alpha value is -6.33. The average Bonchev–Trinajstić information content (AvgIpc) is 3.61. The zero-order valence-electron chi connectivity index (χ0n) is 30.0. The molecule has 5 aromatic carbocycles. The number of aromatic nitrogens is 2. The van der Waals surface area contributed by atoms with Crippen molar-refractivity contribution in [2.24, 2.45) is 0 Å². The van der Waals surface area contributed by atoms with Gasteiger partial charge in [0.05, 0.1) is 27.8 Å². The van der Waals surface area contributed by atoms with Gasteiger partial charge in [0.1, 0.15) is 18.4 Å². The van der Waals surface area contributed by atoms with E-state index in [9.17, 15) is 57.5 Å². The van der Waals surface area contributed by atoms with E-state index in [-0.39, 0.29) is 64.9 Å². The molecule has 0 aliphatic rings. The van der Waals surface area contributed by atoms with Crippen molar-refractivity contribution in [1.29, 1.82) is 0 Å².